The van der Waals surface area contributed by atoms with Crippen LogP contribution in [0.1, 0.15) is 24.6 Å². The smallest absolute Gasteiger partial charge is 0.307 e. The second-order valence-corrected chi connectivity index (χ2v) is 5.36. The SMILES string of the molecule is CCc1nc(N2CC3CC3C2)ccc1CC(=O)O. The molecule has 1 aromatic heterocycles. The van der Waals surface area contributed by atoms with E-state index >= 15 is 0 Å². The Morgan fingerprint density at radius 3 is 2.78 bits per heavy atom. The number of piperidine rings is 1. The quantitative estimate of drug-likeness (QED) is 0.879. The first-order valence-electron chi connectivity index (χ1n) is 6.63. The molecule has 1 aliphatic heterocycles. The van der Waals surface area contributed by atoms with E-state index in [2.05, 4.69) is 9.88 Å². The Kier molecular flexibility index (Phi) is 2.73. The molecule has 3 rings (SSSR count). The van der Waals surface area contributed by atoms with Crippen LogP contribution in [0.3, 0.4) is 0 Å². The topological polar surface area (TPSA) is 53.4 Å². The van der Waals surface area contributed by atoms with E-state index in [4.69, 9.17) is 5.11 Å². The molecule has 1 saturated carbocycles. The van der Waals surface area contributed by atoms with E-state index < -0.39 is 5.97 Å². The highest BCUT2D eigenvalue weighted by atomic mass is 16.4. The number of aromatic nitrogens is 1. The number of nitrogens with zero attached hydrogens (tertiary/aromatic N) is 2. The van der Waals surface area contributed by atoms with Gasteiger partial charge in [-0.05, 0) is 36.3 Å². The summed E-state index contributed by atoms with van der Waals surface area (Å²) >= 11 is 0. The Morgan fingerprint density at radius 2 is 2.17 bits per heavy atom. The van der Waals surface area contributed by atoms with Gasteiger partial charge in [-0.3, -0.25) is 4.79 Å². The zero-order chi connectivity index (χ0) is 12.7. The fourth-order valence-corrected chi connectivity index (χ4v) is 2.91. The van der Waals surface area contributed by atoms with Crippen molar-refractivity contribution in [2.24, 2.45) is 11.8 Å². The number of carbonyl (C=O) groups is 1. The van der Waals surface area contributed by atoms with Gasteiger partial charge in [0.15, 0.2) is 0 Å². The molecule has 1 aromatic rings. The lowest BCUT2D eigenvalue weighted by molar-refractivity contribution is -0.136. The highest BCUT2D eigenvalue weighted by Crippen LogP contribution is 2.45. The number of carboxylic acids is 1. The van der Waals surface area contributed by atoms with E-state index in [1.54, 1.807) is 0 Å². The van der Waals surface area contributed by atoms with Crippen molar-refractivity contribution in [1.29, 1.82) is 0 Å². The monoisotopic (exact) mass is 246 g/mol. The third-order valence-electron chi connectivity index (χ3n) is 4.03. The average Bonchev–Trinajstić information content (AvgIpc) is 2.96. The van der Waals surface area contributed by atoms with Crippen molar-refractivity contribution in [1.82, 2.24) is 4.98 Å². The molecule has 18 heavy (non-hydrogen) atoms. The van der Waals surface area contributed by atoms with Crippen molar-refractivity contribution in [2.45, 2.75) is 26.2 Å². The standard InChI is InChI=1S/C14H18N2O2/c1-2-12-9(6-14(17)18)3-4-13(15-12)16-7-10-5-11(10)8-16/h3-4,10-11H,2,5-8H2,1H3,(H,17,18). The molecule has 0 aromatic carbocycles. The largest absolute Gasteiger partial charge is 0.481 e. The summed E-state index contributed by atoms with van der Waals surface area (Å²) in [5, 5.41) is 8.87. The molecule has 0 radical (unpaired) electrons. The van der Waals surface area contributed by atoms with Gasteiger partial charge in [-0.25, -0.2) is 4.98 Å². The lowest BCUT2D eigenvalue weighted by Gasteiger charge is -2.20. The van der Waals surface area contributed by atoms with E-state index in [0.717, 1.165) is 48.4 Å². The number of hydrogen-bond donors (Lipinski definition) is 1. The molecule has 96 valence electrons. The first-order chi connectivity index (χ1) is 8.67. The number of aryl methyl sites for hydroxylation is 1. The van der Waals surface area contributed by atoms with E-state index in [1.165, 1.54) is 6.42 Å². The van der Waals surface area contributed by atoms with Gasteiger partial charge in [-0.1, -0.05) is 13.0 Å². The van der Waals surface area contributed by atoms with Gasteiger partial charge in [-0.2, -0.15) is 0 Å². The van der Waals surface area contributed by atoms with Crippen LogP contribution >= 0.6 is 0 Å². The van der Waals surface area contributed by atoms with Crippen LogP contribution < -0.4 is 4.90 Å². The molecule has 1 aliphatic carbocycles. The lowest BCUT2D eigenvalue weighted by atomic mass is 10.1. The maximum absolute atomic E-state index is 10.8. The van der Waals surface area contributed by atoms with Crippen molar-refractivity contribution in [3.8, 4) is 0 Å². The molecular weight excluding hydrogens is 228 g/mol. The van der Waals surface area contributed by atoms with E-state index in [1.807, 2.05) is 19.1 Å². The summed E-state index contributed by atoms with van der Waals surface area (Å²) in [7, 11) is 0. The highest BCUT2D eigenvalue weighted by molar-refractivity contribution is 5.70. The summed E-state index contributed by atoms with van der Waals surface area (Å²) in [5.41, 5.74) is 1.77. The van der Waals surface area contributed by atoms with Gasteiger partial charge in [-0.15, -0.1) is 0 Å². The fourth-order valence-electron chi connectivity index (χ4n) is 2.91. The summed E-state index contributed by atoms with van der Waals surface area (Å²) < 4.78 is 0. The van der Waals surface area contributed by atoms with Crippen LogP contribution in [0.4, 0.5) is 5.82 Å². The van der Waals surface area contributed by atoms with Crippen LogP contribution in [-0.4, -0.2) is 29.1 Å². The second-order valence-electron chi connectivity index (χ2n) is 5.36. The Hall–Kier alpha value is -1.58. The van der Waals surface area contributed by atoms with Crippen LogP contribution in [-0.2, 0) is 17.6 Å². The van der Waals surface area contributed by atoms with Crippen molar-refractivity contribution >= 4 is 11.8 Å². The maximum atomic E-state index is 10.8. The summed E-state index contributed by atoms with van der Waals surface area (Å²) in [6.45, 7) is 4.27. The normalized spacial score (nSPS) is 25.1. The van der Waals surface area contributed by atoms with Gasteiger partial charge in [0.2, 0.25) is 0 Å². The molecule has 2 heterocycles. The van der Waals surface area contributed by atoms with Crippen molar-refractivity contribution in [3.05, 3.63) is 23.4 Å². The molecular formula is C14H18N2O2. The van der Waals surface area contributed by atoms with Crippen molar-refractivity contribution in [3.63, 3.8) is 0 Å². The third-order valence-corrected chi connectivity index (χ3v) is 4.03. The van der Waals surface area contributed by atoms with E-state index in [9.17, 15) is 4.79 Å². The first kappa shape index (κ1) is 11.5. The molecule has 4 nitrogen and oxygen atoms in total. The fraction of sp³-hybridized carbons (Fsp3) is 0.571. The zero-order valence-electron chi connectivity index (χ0n) is 10.6. The Bertz CT molecular complexity index is 477. The predicted octanol–water partition coefficient (Wildman–Crippen LogP) is 1.73. The Morgan fingerprint density at radius 1 is 1.44 bits per heavy atom. The van der Waals surface area contributed by atoms with Gasteiger partial charge in [0.25, 0.3) is 0 Å². The van der Waals surface area contributed by atoms with Crippen molar-refractivity contribution < 1.29 is 9.90 Å². The molecule has 2 atom stereocenters. The minimum Gasteiger partial charge on any atom is -0.481 e. The van der Waals surface area contributed by atoms with E-state index in [0.29, 0.717) is 0 Å². The first-order valence-corrected chi connectivity index (χ1v) is 6.63. The molecule has 1 N–H and O–H groups in total. The maximum Gasteiger partial charge on any atom is 0.307 e. The van der Waals surface area contributed by atoms with Crippen molar-refractivity contribution in [2.75, 3.05) is 18.0 Å². The van der Waals surface area contributed by atoms with Gasteiger partial charge in [0, 0.05) is 18.8 Å². The minimum absolute atomic E-state index is 0.0711. The summed E-state index contributed by atoms with van der Waals surface area (Å²) in [4.78, 5) is 17.8. The second kappa shape index (κ2) is 4.26. The highest BCUT2D eigenvalue weighted by Gasteiger charge is 2.45. The van der Waals surface area contributed by atoms with Crippen LogP contribution in [0, 0.1) is 11.8 Å². The number of aliphatic carboxylic acids is 1. The number of carboxylic acid groups (broad SMARTS) is 1. The molecule has 0 amide bonds. The van der Waals surface area contributed by atoms with E-state index in [-0.39, 0.29) is 6.42 Å². The predicted molar refractivity (Wildman–Crippen MR) is 68.8 cm³/mol. The summed E-state index contributed by atoms with van der Waals surface area (Å²) in [6.07, 6.45) is 2.24. The minimum atomic E-state index is -0.790. The van der Waals surface area contributed by atoms with Gasteiger partial charge in [0.1, 0.15) is 5.82 Å². The number of fused-ring (bicyclic) bond motifs is 1. The number of rotatable bonds is 4. The molecule has 2 aliphatic rings. The van der Waals surface area contributed by atoms with Gasteiger partial charge < -0.3 is 10.0 Å². The van der Waals surface area contributed by atoms with Crippen LogP contribution in [0.15, 0.2) is 12.1 Å². The Balaban J connectivity index is 1.81. The summed E-state index contributed by atoms with van der Waals surface area (Å²) in [5.74, 6) is 2.00. The molecule has 4 heteroatoms. The van der Waals surface area contributed by atoms with Gasteiger partial charge in [0.05, 0.1) is 6.42 Å². The van der Waals surface area contributed by atoms with Crippen LogP contribution in [0.2, 0.25) is 0 Å². The molecule has 1 saturated heterocycles. The Labute approximate surface area is 107 Å². The lowest BCUT2D eigenvalue weighted by Crippen LogP contribution is -2.23. The molecule has 2 fully saturated rings. The zero-order valence-corrected chi connectivity index (χ0v) is 10.6. The van der Waals surface area contributed by atoms with Crippen LogP contribution in [0.25, 0.3) is 0 Å². The molecule has 2 unspecified atom stereocenters. The molecule has 0 bridgehead atoms. The number of anilines is 1. The summed E-state index contributed by atoms with van der Waals surface area (Å²) in [6, 6.07) is 3.90. The van der Waals surface area contributed by atoms with Gasteiger partial charge >= 0.3 is 5.97 Å². The number of pyridine rings is 1. The average molecular weight is 246 g/mol. The molecule has 0 spiro atoms. The third kappa shape index (κ3) is 2.07. The van der Waals surface area contributed by atoms with Crippen LogP contribution in [0.5, 0.6) is 0 Å². The number of hydrogen-bond acceptors (Lipinski definition) is 3.